The first-order valence-corrected chi connectivity index (χ1v) is 18.9. The zero-order chi connectivity index (χ0) is 36.3. The van der Waals surface area contributed by atoms with Gasteiger partial charge in [0.1, 0.15) is 11.5 Å². The number of hydrogen-bond acceptors (Lipinski definition) is 2. The number of fused-ring (bicyclic) bond motifs is 10. The van der Waals surface area contributed by atoms with Gasteiger partial charge in [0, 0.05) is 27.8 Å². The fourth-order valence-corrected chi connectivity index (χ4v) is 9.18. The Balaban J connectivity index is 1.25. The molecule has 1 heterocycles. The van der Waals surface area contributed by atoms with Crippen LogP contribution < -0.4 is 9.64 Å². The van der Waals surface area contributed by atoms with Crippen LogP contribution in [0.25, 0.3) is 44.2 Å². The van der Waals surface area contributed by atoms with Crippen molar-refractivity contribution in [3.05, 3.63) is 235 Å². The number of ether oxygens (including phenoxy) is 1. The van der Waals surface area contributed by atoms with E-state index in [0.29, 0.717) is 0 Å². The van der Waals surface area contributed by atoms with Crippen molar-refractivity contribution >= 4 is 27.8 Å². The minimum Gasteiger partial charge on any atom is -0.457 e. The zero-order valence-electron chi connectivity index (χ0n) is 30.1. The third-order valence-electron chi connectivity index (χ3n) is 11.5. The van der Waals surface area contributed by atoms with Crippen molar-refractivity contribution in [1.29, 1.82) is 0 Å². The normalized spacial score (nSPS) is 14.8. The third kappa shape index (κ3) is 4.75. The lowest BCUT2D eigenvalue weighted by Gasteiger charge is -2.42. The first kappa shape index (κ1) is 31.4. The van der Waals surface area contributed by atoms with Crippen LogP contribution in [0.5, 0.6) is 11.5 Å². The van der Waals surface area contributed by atoms with Crippen molar-refractivity contribution in [3.63, 3.8) is 0 Å². The van der Waals surface area contributed by atoms with Crippen LogP contribution in [0.3, 0.4) is 0 Å². The van der Waals surface area contributed by atoms with Gasteiger partial charge in [-0.2, -0.15) is 0 Å². The third-order valence-corrected chi connectivity index (χ3v) is 11.5. The van der Waals surface area contributed by atoms with Gasteiger partial charge in [-0.1, -0.05) is 170 Å². The van der Waals surface area contributed by atoms with E-state index in [4.69, 9.17) is 4.74 Å². The van der Waals surface area contributed by atoms with Gasteiger partial charge in [0.05, 0.1) is 16.8 Å². The van der Waals surface area contributed by atoms with Crippen molar-refractivity contribution in [2.45, 2.75) is 5.41 Å². The molecule has 2 heteroatoms. The molecular formula is C53H35NO. The summed E-state index contributed by atoms with van der Waals surface area (Å²) in [7, 11) is 0. The van der Waals surface area contributed by atoms with E-state index in [1.54, 1.807) is 0 Å². The van der Waals surface area contributed by atoms with E-state index >= 15 is 0 Å². The second kappa shape index (κ2) is 12.5. The molecule has 2 nitrogen and oxygen atoms in total. The molecule has 258 valence electrons. The van der Waals surface area contributed by atoms with Gasteiger partial charge in [-0.05, 0) is 86.8 Å². The molecule has 0 N–H and O–H groups in total. The van der Waals surface area contributed by atoms with E-state index < -0.39 is 5.41 Å². The summed E-state index contributed by atoms with van der Waals surface area (Å²) in [6, 6.07) is 76.9. The highest BCUT2D eigenvalue weighted by Gasteiger charge is 2.53. The largest absolute Gasteiger partial charge is 0.457 e. The summed E-state index contributed by atoms with van der Waals surface area (Å²) in [5.74, 6) is 1.75. The Hall–Kier alpha value is -7.16. The first-order chi connectivity index (χ1) is 27.3. The second-order valence-corrected chi connectivity index (χ2v) is 14.4. The molecule has 0 aromatic heterocycles. The molecule has 11 rings (SSSR count). The molecule has 1 atom stereocenters. The van der Waals surface area contributed by atoms with E-state index in [2.05, 4.69) is 217 Å². The monoisotopic (exact) mass is 701 g/mol. The molecule has 2 aliphatic rings. The van der Waals surface area contributed by atoms with E-state index in [-0.39, 0.29) is 0 Å². The number of anilines is 3. The highest BCUT2D eigenvalue weighted by atomic mass is 16.5. The van der Waals surface area contributed by atoms with Gasteiger partial charge in [0.2, 0.25) is 0 Å². The molecule has 1 aliphatic heterocycles. The molecule has 0 radical (unpaired) electrons. The molecular weight excluding hydrogens is 667 g/mol. The van der Waals surface area contributed by atoms with Crippen molar-refractivity contribution in [2.75, 3.05) is 4.90 Å². The predicted molar refractivity (Wildman–Crippen MR) is 227 cm³/mol. The van der Waals surface area contributed by atoms with Gasteiger partial charge in [0.15, 0.2) is 0 Å². The van der Waals surface area contributed by atoms with Gasteiger partial charge in [-0.15, -0.1) is 0 Å². The van der Waals surface area contributed by atoms with Crippen molar-refractivity contribution in [2.24, 2.45) is 0 Å². The van der Waals surface area contributed by atoms with E-state index in [9.17, 15) is 0 Å². The first-order valence-electron chi connectivity index (χ1n) is 18.9. The SMILES string of the molecule is c1ccc(-c2ccc(N(c3cccc4c3C3(c5ccccc5Oc5ccc(-c6ccccc6)cc53)c3ccccc3-4)c3cccc4ccccc34)cc2)cc1. The Morgan fingerprint density at radius 3 is 1.75 bits per heavy atom. The average Bonchev–Trinajstić information content (AvgIpc) is 3.56. The molecule has 1 spiro atoms. The van der Waals surface area contributed by atoms with Gasteiger partial charge in [-0.25, -0.2) is 0 Å². The Kier molecular flexibility index (Phi) is 7.11. The van der Waals surface area contributed by atoms with Crippen molar-refractivity contribution in [3.8, 4) is 44.9 Å². The Morgan fingerprint density at radius 2 is 0.927 bits per heavy atom. The maximum absolute atomic E-state index is 6.85. The number of benzene rings is 9. The molecule has 1 aliphatic carbocycles. The summed E-state index contributed by atoms with van der Waals surface area (Å²) in [4.78, 5) is 2.49. The lowest BCUT2D eigenvalue weighted by atomic mass is 9.65. The van der Waals surface area contributed by atoms with Crippen LogP contribution in [-0.4, -0.2) is 0 Å². The fraction of sp³-hybridized carbons (Fsp3) is 0.0189. The van der Waals surface area contributed by atoms with Crippen LogP contribution in [0.2, 0.25) is 0 Å². The summed E-state index contributed by atoms with van der Waals surface area (Å²) in [6.45, 7) is 0. The van der Waals surface area contributed by atoms with Crippen LogP contribution in [0.15, 0.2) is 212 Å². The molecule has 9 aromatic carbocycles. The lowest BCUT2D eigenvalue weighted by Crippen LogP contribution is -2.33. The molecule has 0 amide bonds. The highest BCUT2D eigenvalue weighted by Crippen LogP contribution is 2.65. The molecule has 1 unspecified atom stereocenters. The summed E-state index contributed by atoms with van der Waals surface area (Å²) in [5.41, 5.74) is 14.7. The number of para-hydroxylation sites is 1. The molecule has 0 saturated carbocycles. The van der Waals surface area contributed by atoms with Crippen LogP contribution in [0.1, 0.15) is 22.3 Å². The average molecular weight is 702 g/mol. The minimum atomic E-state index is -0.676. The topological polar surface area (TPSA) is 12.5 Å². The Morgan fingerprint density at radius 1 is 0.364 bits per heavy atom. The lowest BCUT2D eigenvalue weighted by molar-refractivity contribution is 0.436. The zero-order valence-corrected chi connectivity index (χ0v) is 30.1. The smallest absolute Gasteiger partial charge is 0.132 e. The number of nitrogens with zero attached hydrogens (tertiary/aromatic N) is 1. The van der Waals surface area contributed by atoms with Gasteiger partial charge >= 0.3 is 0 Å². The van der Waals surface area contributed by atoms with Crippen LogP contribution >= 0.6 is 0 Å². The molecule has 9 aromatic rings. The van der Waals surface area contributed by atoms with Crippen molar-refractivity contribution in [1.82, 2.24) is 0 Å². The summed E-state index contributed by atoms with van der Waals surface area (Å²) < 4.78 is 6.85. The van der Waals surface area contributed by atoms with Crippen LogP contribution in [-0.2, 0) is 5.41 Å². The van der Waals surface area contributed by atoms with Gasteiger partial charge < -0.3 is 9.64 Å². The van der Waals surface area contributed by atoms with E-state index in [0.717, 1.165) is 45.3 Å². The fourth-order valence-electron chi connectivity index (χ4n) is 9.18. The number of hydrogen-bond donors (Lipinski definition) is 0. The predicted octanol–water partition coefficient (Wildman–Crippen LogP) is 14.1. The highest BCUT2D eigenvalue weighted by molar-refractivity contribution is 6.02. The maximum Gasteiger partial charge on any atom is 0.132 e. The minimum absolute atomic E-state index is 0.676. The number of rotatable bonds is 5. The standard InChI is InChI=1S/C53H35NO/c1-3-15-36(16-4-1)38-29-32-41(33-30-38)54(48-26-13-20-39-19-7-8-21-42(39)48)49-27-14-23-44-43-22-9-10-24-45(43)53(52(44)49)46-25-11-12-28-50(46)55-51-34-31-40(35-47(51)53)37-17-5-2-6-18-37/h1-35H. The van der Waals surface area contributed by atoms with Crippen LogP contribution in [0, 0.1) is 0 Å². The Labute approximate surface area is 321 Å². The van der Waals surface area contributed by atoms with E-state index in [1.807, 2.05) is 0 Å². The quantitative estimate of drug-likeness (QED) is 0.177. The van der Waals surface area contributed by atoms with Gasteiger partial charge in [-0.3, -0.25) is 0 Å². The molecule has 0 fully saturated rings. The summed E-state index contributed by atoms with van der Waals surface area (Å²) in [5, 5.41) is 2.39. The maximum atomic E-state index is 6.85. The van der Waals surface area contributed by atoms with Crippen molar-refractivity contribution < 1.29 is 4.74 Å². The van der Waals surface area contributed by atoms with Gasteiger partial charge in [0.25, 0.3) is 0 Å². The van der Waals surface area contributed by atoms with E-state index in [1.165, 1.54) is 49.7 Å². The second-order valence-electron chi connectivity index (χ2n) is 14.4. The molecule has 0 saturated heterocycles. The molecule has 0 bridgehead atoms. The molecule has 55 heavy (non-hydrogen) atoms. The Bertz CT molecular complexity index is 2890. The van der Waals surface area contributed by atoms with Crippen LogP contribution in [0.4, 0.5) is 17.1 Å². The summed E-state index contributed by atoms with van der Waals surface area (Å²) in [6.07, 6.45) is 0. The summed E-state index contributed by atoms with van der Waals surface area (Å²) >= 11 is 0.